The van der Waals surface area contributed by atoms with Crippen LogP contribution in [0.4, 0.5) is 0 Å². The molecule has 0 saturated heterocycles. The molecule has 1 aromatic heterocycles. The van der Waals surface area contributed by atoms with Crippen LogP contribution in [0.3, 0.4) is 0 Å². The maximum atomic E-state index is 9.57. The minimum absolute atomic E-state index is 0.0123. The first-order valence-electron chi connectivity index (χ1n) is 7.38. The summed E-state index contributed by atoms with van der Waals surface area (Å²) in [4.78, 5) is 4.33. The van der Waals surface area contributed by atoms with Crippen molar-refractivity contribution in [3.8, 4) is 0 Å². The highest BCUT2D eigenvalue weighted by Crippen LogP contribution is 2.24. The van der Waals surface area contributed by atoms with E-state index in [1.165, 1.54) is 10.9 Å². The van der Waals surface area contributed by atoms with Crippen molar-refractivity contribution in [2.45, 2.75) is 33.2 Å². The first-order chi connectivity index (χ1) is 9.73. The molecule has 108 valence electrons. The number of nitrogens with zero attached hydrogens (tertiary/aromatic N) is 1. The Kier molecular flexibility index (Phi) is 5.10. The minimum Gasteiger partial charge on any atom is -0.396 e. The smallest absolute Gasteiger partial charge is 0.0702 e. The number of nitrogens with one attached hydrogen (secondary N) is 1. The van der Waals surface area contributed by atoms with Gasteiger partial charge in [0.05, 0.1) is 5.52 Å². The quantitative estimate of drug-likeness (QED) is 0.814. The predicted octanol–water partition coefficient (Wildman–Crippen LogP) is 3.12. The van der Waals surface area contributed by atoms with Gasteiger partial charge < -0.3 is 10.4 Å². The highest BCUT2D eigenvalue weighted by Gasteiger charge is 2.24. The maximum Gasteiger partial charge on any atom is 0.0702 e. The fourth-order valence-corrected chi connectivity index (χ4v) is 2.49. The molecule has 2 aromatic rings. The molecule has 0 amide bonds. The maximum absolute atomic E-state index is 9.57. The molecule has 0 unspecified atom stereocenters. The lowest BCUT2D eigenvalue weighted by atomic mass is 9.83. The molecular formula is C17H24N2O. The first-order valence-corrected chi connectivity index (χ1v) is 7.38. The van der Waals surface area contributed by atoms with Gasteiger partial charge in [-0.2, -0.15) is 0 Å². The van der Waals surface area contributed by atoms with E-state index in [4.69, 9.17) is 0 Å². The van der Waals surface area contributed by atoms with E-state index in [-0.39, 0.29) is 12.0 Å². The summed E-state index contributed by atoms with van der Waals surface area (Å²) in [5.74, 6) is 0. The first kappa shape index (κ1) is 14.9. The van der Waals surface area contributed by atoms with Crippen LogP contribution in [0, 0.1) is 5.41 Å². The SMILES string of the molecule is CCC(CC)(CO)CNCc1ccc2ncccc2c1. The molecule has 0 aliphatic rings. The molecule has 0 radical (unpaired) electrons. The molecule has 0 saturated carbocycles. The highest BCUT2D eigenvalue weighted by atomic mass is 16.3. The van der Waals surface area contributed by atoms with Crippen LogP contribution in [0.15, 0.2) is 36.5 Å². The topological polar surface area (TPSA) is 45.1 Å². The second kappa shape index (κ2) is 6.82. The van der Waals surface area contributed by atoms with Crippen molar-refractivity contribution in [2.24, 2.45) is 5.41 Å². The van der Waals surface area contributed by atoms with Gasteiger partial charge in [-0.05, 0) is 36.6 Å². The Morgan fingerprint density at radius 3 is 2.70 bits per heavy atom. The minimum atomic E-state index is 0.0123. The van der Waals surface area contributed by atoms with Crippen molar-refractivity contribution >= 4 is 10.9 Å². The third kappa shape index (κ3) is 3.35. The van der Waals surface area contributed by atoms with E-state index >= 15 is 0 Å². The van der Waals surface area contributed by atoms with E-state index in [0.717, 1.165) is 31.4 Å². The Hall–Kier alpha value is -1.45. The van der Waals surface area contributed by atoms with Gasteiger partial charge in [0.25, 0.3) is 0 Å². The predicted molar refractivity (Wildman–Crippen MR) is 83.6 cm³/mol. The molecule has 0 aliphatic carbocycles. The number of aliphatic hydroxyl groups is 1. The van der Waals surface area contributed by atoms with Gasteiger partial charge in [-0.1, -0.05) is 26.0 Å². The monoisotopic (exact) mass is 272 g/mol. The fourth-order valence-electron chi connectivity index (χ4n) is 2.49. The lowest BCUT2D eigenvalue weighted by molar-refractivity contribution is 0.113. The van der Waals surface area contributed by atoms with Gasteiger partial charge in [0, 0.05) is 36.7 Å². The van der Waals surface area contributed by atoms with Crippen LogP contribution in [-0.4, -0.2) is 23.2 Å². The summed E-state index contributed by atoms with van der Waals surface area (Å²) < 4.78 is 0. The fraction of sp³-hybridized carbons (Fsp3) is 0.471. The molecule has 0 spiro atoms. The van der Waals surface area contributed by atoms with E-state index in [1.54, 1.807) is 0 Å². The Morgan fingerprint density at radius 1 is 1.20 bits per heavy atom. The molecular weight excluding hydrogens is 248 g/mol. The van der Waals surface area contributed by atoms with Crippen molar-refractivity contribution in [3.63, 3.8) is 0 Å². The van der Waals surface area contributed by atoms with Crippen molar-refractivity contribution in [1.82, 2.24) is 10.3 Å². The molecule has 0 fully saturated rings. The molecule has 20 heavy (non-hydrogen) atoms. The van der Waals surface area contributed by atoms with E-state index in [0.29, 0.717) is 0 Å². The summed E-state index contributed by atoms with van der Waals surface area (Å²) in [6.45, 7) is 6.20. The molecule has 0 bridgehead atoms. The Morgan fingerprint density at radius 2 is 2.00 bits per heavy atom. The zero-order valence-corrected chi connectivity index (χ0v) is 12.4. The zero-order valence-electron chi connectivity index (χ0n) is 12.4. The van der Waals surface area contributed by atoms with Crippen LogP contribution in [0.25, 0.3) is 10.9 Å². The molecule has 1 heterocycles. The molecule has 2 N–H and O–H groups in total. The Bertz CT molecular complexity index is 541. The van der Waals surface area contributed by atoms with Gasteiger partial charge in [0.15, 0.2) is 0 Å². The second-order valence-corrected chi connectivity index (χ2v) is 5.50. The normalized spacial score (nSPS) is 11.9. The van der Waals surface area contributed by atoms with Crippen LogP contribution in [0.1, 0.15) is 32.3 Å². The van der Waals surface area contributed by atoms with Gasteiger partial charge in [-0.25, -0.2) is 0 Å². The third-order valence-corrected chi connectivity index (χ3v) is 4.33. The van der Waals surface area contributed by atoms with E-state index in [1.807, 2.05) is 12.3 Å². The van der Waals surface area contributed by atoms with Crippen LogP contribution < -0.4 is 5.32 Å². The summed E-state index contributed by atoms with van der Waals surface area (Å²) in [7, 11) is 0. The van der Waals surface area contributed by atoms with Gasteiger partial charge in [-0.3, -0.25) is 4.98 Å². The van der Waals surface area contributed by atoms with E-state index < -0.39 is 0 Å². The van der Waals surface area contributed by atoms with Gasteiger partial charge >= 0.3 is 0 Å². The lowest BCUT2D eigenvalue weighted by Crippen LogP contribution is -2.36. The van der Waals surface area contributed by atoms with Crippen LogP contribution in [-0.2, 0) is 6.54 Å². The average Bonchev–Trinajstić information content (AvgIpc) is 2.52. The summed E-state index contributed by atoms with van der Waals surface area (Å²) >= 11 is 0. The van der Waals surface area contributed by atoms with Crippen molar-refractivity contribution in [3.05, 3.63) is 42.1 Å². The van der Waals surface area contributed by atoms with Gasteiger partial charge in [0.2, 0.25) is 0 Å². The number of rotatable bonds is 7. The van der Waals surface area contributed by atoms with Gasteiger partial charge in [-0.15, -0.1) is 0 Å². The third-order valence-electron chi connectivity index (χ3n) is 4.33. The van der Waals surface area contributed by atoms with Crippen LogP contribution in [0.2, 0.25) is 0 Å². The van der Waals surface area contributed by atoms with E-state index in [9.17, 15) is 5.11 Å². The molecule has 0 aliphatic heterocycles. The number of pyridine rings is 1. The number of hydrogen-bond donors (Lipinski definition) is 2. The van der Waals surface area contributed by atoms with Gasteiger partial charge in [0.1, 0.15) is 0 Å². The molecule has 1 aromatic carbocycles. The van der Waals surface area contributed by atoms with Crippen molar-refractivity contribution < 1.29 is 5.11 Å². The van der Waals surface area contributed by atoms with Crippen molar-refractivity contribution in [2.75, 3.05) is 13.2 Å². The lowest BCUT2D eigenvalue weighted by Gasteiger charge is -2.29. The Balaban J connectivity index is 1.99. The number of hydrogen-bond acceptors (Lipinski definition) is 3. The largest absolute Gasteiger partial charge is 0.396 e. The summed E-state index contributed by atoms with van der Waals surface area (Å²) in [5.41, 5.74) is 2.30. The zero-order chi connectivity index (χ0) is 14.4. The standard InChI is InChI=1S/C17H24N2O/c1-3-17(4-2,13-20)12-18-11-14-7-8-16-15(10-14)6-5-9-19-16/h5-10,18,20H,3-4,11-13H2,1-2H3. The van der Waals surface area contributed by atoms with Crippen LogP contribution in [0.5, 0.6) is 0 Å². The molecule has 3 heteroatoms. The molecule has 2 rings (SSSR count). The highest BCUT2D eigenvalue weighted by molar-refractivity contribution is 5.78. The number of aliphatic hydroxyl groups excluding tert-OH is 1. The number of aromatic nitrogens is 1. The van der Waals surface area contributed by atoms with E-state index in [2.05, 4.69) is 48.4 Å². The summed E-state index contributed by atoms with van der Waals surface area (Å²) in [6.07, 6.45) is 3.81. The number of fused-ring (bicyclic) bond motifs is 1. The second-order valence-electron chi connectivity index (χ2n) is 5.50. The molecule has 0 atom stereocenters. The Labute approximate surface area is 121 Å². The number of benzene rings is 1. The average molecular weight is 272 g/mol. The van der Waals surface area contributed by atoms with Crippen LogP contribution >= 0.6 is 0 Å². The summed E-state index contributed by atoms with van der Waals surface area (Å²) in [6, 6.07) is 10.4. The van der Waals surface area contributed by atoms with Crippen molar-refractivity contribution in [1.29, 1.82) is 0 Å². The summed E-state index contributed by atoms with van der Waals surface area (Å²) in [5, 5.41) is 14.2. The molecule has 3 nitrogen and oxygen atoms in total.